The molecule has 0 saturated heterocycles. The van der Waals surface area contributed by atoms with E-state index in [1.54, 1.807) is 12.1 Å². The summed E-state index contributed by atoms with van der Waals surface area (Å²) in [6.45, 7) is 4.41. The summed E-state index contributed by atoms with van der Waals surface area (Å²) in [5.41, 5.74) is 3.03. The molecular weight excluding hydrogens is 271 g/mol. The Bertz CT molecular complexity index is 546. The van der Waals surface area contributed by atoms with Crippen LogP contribution >= 0.6 is 11.6 Å². The van der Waals surface area contributed by atoms with Gasteiger partial charge in [0.05, 0.1) is 5.38 Å². The summed E-state index contributed by atoms with van der Waals surface area (Å²) < 4.78 is 13.6. The van der Waals surface area contributed by atoms with Crippen molar-refractivity contribution in [2.75, 3.05) is 0 Å². The Hall–Kier alpha value is -1.34. The molecule has 0 nitrogen and oxygen atoms in total. The molecule has 0 heterocycles. The van der Waals surface area contributed by atoms with Crippen LogP contribution in [0.2, 0.25) is 0 Å². The lowest BCUT2D eigenvalue weighted by Crippen LogP contribution is -1.99. The average Bonchev–Trinajstić information content (AvgIpc) is 2.41. The van der Waals surface area contributed by atoms with Gasteiger partial charge < -0.3 is 0 Å². The summed E-state index contributed by atoms with van der Waals surface area (Å²) in [7, 11) is 0. The summed E-state index contributed by atoms with van der Waals surface area (Å²) in [5, 5.41) is -0.194. The van der Waals surface area contributed by atoms with Crippen molar-refractivity contribution in [2.24, 2.45) is 5.92 Å². The van der Waals surface area contributed by atoms with E-state index in [4.69, 9.17) is 11.6 Å². The predicted molar refractivity (Wildman–Crippen MR) is 83.7 cm³/mol. The van der Waals surface area contributed by atoms with E-state index >= 15 is 0 Å². The van der Waals surface area contributed by atoms with E-state index in [1.807, 2.05) is 6.07 Å². The standard InChI is InChI=1S/C18H20ClF/c1-13(2)11-14-7-9-15(10-8-14)17(19)12-16-5-3-4-6-18(16)20/h3-10,13,17H,11-12H2,1-2H3. The average molecular weight is 291 g/mol. The van der Waals surface area contributed by atoms with E-state index in [-0.39, 0.29) is 11.2 Å². The molecule has 0 aromatic heterocycles. The number of halogens is 2. The highest BCUT2D eigenvalue weighted by Crippen LogP contribution is 2.26. The van der Waals surface area contributed by atoms with Crippen LogP contribution in [0, 0.1) is 11.7 Å². The van der Waals surface area contributed by atoms with Crippen molar-refractivity contribution in [1.29, 1.82) is 0 Å². The molecule has 2 aromatic carbocycles. The number of rotatable bonds is 5. The van der Waals surface area contributed by atoms with Crippen LogP contribution in [-0.2, 0) is 12.8 Å². The molecule has 2 heteroatoms. The van der Waals surface area contributed by atoms with Crippen molar-refractivity contribution < 1.29 is 4.39 Å². The van der Waals surface area contributed by atoms with E-state index in [2.05, 4.69) is 38.1 Å². The highest BCUT2D eigenvalue weighted by molar-refractivity contribution is 6.20. The highest BCUT2D eigenvalue weighted by atomic mass is 35.5. The topological polar surface area (TPSA) is 0 Å². The molecule has 0 saturated carbocycles. The van der Waals surface area contributed by atoms with Gasteiger partial charge in [-0.3, -0.25) is 0 Å². The summed E-state index contributed by atoms with van der Waals surface area (Å²) in [6.07, 6.45) is 1.58. The first-order chi connectivity index (χ1) is 9.56. The second-order valence-corrected chi connectivity index (χ2v) is 6.13. The molecular formula is C18H20ClF. The van der Waals surface area contributed by atoms with E-state index in [1.165, 1.54) is 11.6 Å². The maximum Gasteiger partial charge on any atom is 0.126 e. The summed E-state index contributed by atoms with van der Waals surface area (Å²) in [4.78, 5) is 0. The maximum atomic E-state index is 13.6. The molecule has 0 bridgehead atoms. The molecule has 0 N–H and O–H groups in total. The first-order valence-corrected chi connectivity index (χ1v) is 7.46. The lowest BCUT2D eigenvalue weighted by Gasteiger charge is -2.12. The zero-order valence-corrected chi connectivity index (χ0v) is 12.7. The van der Waals surface area contributed by atoms with E-state index < -0.39 is 0 Å². The quantitative estimate of drug-likeness (QED) is 0.634. The van der Waals surface area contributed by atoms with Gasteiger partial charge in [-0.1, -0.05) is 56.3 Å². The van der Waals surface area contributed by atoms with Gasteiger partial charge in [0.1, 0.15) is 5.82 Å². The first-order valence-electron chi connectivity index (χ1n) is 7.02. The Morgan fingerprint density at radius 1 is 0.950 bits per heavy atom. The molecule has 1 unspecified atom stereocenters. The third-order valence-corrected chi connectivity index (χ3v) is 3.75. The molecule has 0 aliphatic rings. The molecule has 0 amide bonds. The molecule has 20 heavy (non-hydrogen) atoms. The highest BCUT2D eigenvalue weighted by Gasteiger charge is 2.11. The van der Waals surface area contributed by atoms with Gasteiger partial charge in [-0.05, 0) is 41.5 Å². The second kappa shape index (κ2) is 6.90. The fraction of sp³-hybridized carbons (Fsp3) is 0.333. The number of hydrogen-bond acceptors (Lipinski definition) is 0. The fourth-order valence-corrected chi connectivity index (χ4v) is 2.62. The molecule has 2 rings (SSSR count). The lowest BCUT2D eigenvalue weighted by atomic mass is 9.99. The lowest BCUT2D eigenvalue weighted by molar-refractivity contribution is 0.607. The minimum absolute atomic E-state index is 0.186. The third kappa shape index (κ3) is 4.08. The Morgan fingerprint density at radius 2 is 1.60 bits per heavy atom. The van der Waals surface area contributed by atoms with Gasteiger partial charge in [0.2, 0.25) is 0 Å². The van der Waals surface area contributed by atoms with E-state index in [0.717, 1.165) is 12.0 Å². The summed E-state index contributed by atoms with van der Waals surface area (Å²) >= 11 is 6.40. The molecule has 0 fully saturated rings. The van der Waals surface area contributed by atoms with Gasteiger partial charge >= 0.3 is 0 Å². The summed E-state index contributed by atoms with van der Waals surface area (Å²) in [5.74, 6) is 0.459. The van der Waals surface area contributed by atoms with Gasteiger partial charge in [-0.25, -0.2) is 4.39 Å². The molecule has 0 radical (unpaired) electrons. The Balaban J connectivity index is 2.06. The van der Waals surface area contributed by atoms with Gasteiger partial charge in [0, 0.05) is 0 Å². The van der Waals surface area contributed by atoms with Crippen molar-refractivity contribution in [3.8, 4) is 0 Å². The molecule has 1 atom stereocenters. The minimum Gasteiger partial charge on any atom is -0.207 e. The van der Waals surface area contributed by atoms with Crippen LogP contribution in [0.1, 0.15) is 35.9 Å². The predicted octanol–water partition coefficient (Wildman–Crippen LogP) is 5.55. The van der Waals surface area contributed by atoms with Crippen molar-refractivity contribution in [3.63, 3.8) is 0 Å². The van der Waals surface area contributed by atoms with Gasteiger partial charge in [-0.15, -0.1) is 11.6 Å². The van der Waals surface area contributed by atoms with Crippen LogP contribution in [0.3, 0.4) is 0 Å². The monoisotopic (exact) mass is 290 g/mol. The third-order valence-electron chi connectivity index (χ3n) is 3.34. The largest absolute Gasteiger partial charge is 0.207 e. The number of benzene rings is 2. The summed E-state index contributed by atoms with van der Waals surface area (Å²) in [6, 6.07) is 15.1. The normalized spacial score (nSPS) is 12.7. The minimum atomic E-state index is -0.194. The van der Waals surface area contributed by atoms with Crippen LogP contribution in [0.4, 0.5) is 4.39 Å². The van der Waals surface area contributed by atoms with E-state index in [9.17, 15) is 4.39 Å². The number of hydrogen-bond donors (Lipinski definition) is 0. The SMILES string of the molecule is CC(C)Cc1ccc(C(Cl)Cc2ccccc2F)cc1. The Labute approximate surface area is 125 Å². The zero-order valence-electron chi connectivity index (χ0n) is 11.9. The maximum absolute atomic E-state index is 13.6. The van der Waals surface area contributed by atoms with Gasteiger partial charge in [0.25, 0.3) is 0 Å². The smallest absolute Gasteiger partial charge is 0.126 e. The van der Waals surface area contributed by atoms with Crippen LogP contribution in [0.25, 0.3) is 0 Å². The van der Waals surface area contributed by atoms with Crippen LogP contribution in [0.15, 0.2) is 48.5 Å². The molecule has 0 aliphatic carbocycles. The van der Waals surface area contributed by atoms with Crippen molar-refractivity contribution in [2.45, 2.75) is 32.1 Å². The second-order valence-electron chi connectivity index (χ2n) is 5.60. The Kier molecular flexibility index (Phi) is 5.19. The van der Waals surface area contributed by atoms with Crippen LogP contribution in [-0.4, -0.2) is 0 Å². The molecule has 0 aliphatic heterocycles. The van der Waals surface area contributed by atoms with E-state index in [0.29, 0.717) is 17.9 Å². The van der Waals surface area contributed by atoms with Crippen molar-refractivity contribution in [3.05, 3.63) is 71.0 Å². The zero-order chi connectivity index (χ0) is 14.5. The first kappa shape index (κ1) is 15.1. The van der Waals surface area contributed by atoms with Gasteiger partial charge in [-0.2, -0.15) is 0 Å². The molecule has 2 aromatic rings. The fourth-order valence-electron chi connectivity index (χ4n) is 2.31. The van der Waals surface area contributed by atoms with Crippen molar-refractivity contribution in [1.82, 2.24) is 0 Å². The molecule has 0 spiro atoms. The van der Waals surface area contributed by atoms with Crippen LogP contribution < -0.4 is 0 Å². The van der Waals surface area contributed by atoms with Gasteiger partial charge in [0.15, 0.2) is 0 Å². The van der Waals surface area contributed by atoms with Crippen molar-refractivity contribution >= 4 is 11.6 Å². The Morgan fingerprint density at radius 3 is 2.20 bits per heavy atom. The number of alkyl halides is 1. The van der Waals surface area contributed by atoms with Crippen LogP contribution in [0.5, 0.6) is 0 Å². The molecule has 106 valence electrons.